The first kappa shape index (κ1) is 31.4. The minimum atomic E-state index is -1.47. The largest absolute Gasteiger partial charge is 0.459 e. The number of carbonyl (C=O) groups excluding carboxylic acids is 4. The highest BCUT2D eigenvalue weighted by Crippen LogP contribution is 2.17. The summed E-state index contributed by atoms with van der Waals surface area (Å²) in [5.74, 6) is -3.33. The summed E-state index contributed by atoms with van der Waals surface area (Å²) in [5.41, 5.74) is -0.404. The van der Waals surface area contributed by atoms with Crippen LogP contribution >= 0.6 is 23.2 Å². The predicted octanol–water partition coefficient (Wildman–Crippen LogP) is 0.949. The van der Waals surface area contributed by atoms with Gasteiger partial charge in [0.15, 0.2) is 11.6 Å². The molecule has 12 heteroatoms. The summed E-state index contributed by atoms with van der Waals surface area (Å²) >= 11 is 11.9. The summed E-state index contributed by atoms with van der Waals surface area (Å²) in [6.45, 7) is 5.28. The molecule has 0 bridgehead atoms. The fourth-order valence-electron chi connectivity index (χ4n) is 2.77. The quantitative estimate of drug-likeness (QED) is 0.133. The van der Waals surface area contributed by atoms with Crippen molar-refractivity contribution in [2.45, 2.75) is 48.0 Å². The van der Waals surface area contributed by atoms with E-state index in [4.69, 9.17) is 32.7 Å². The van der Waals surface area contributed by atoms with Crippen LogP contribution in [0.5, 0.6) is 0 Å². The summed E-state index contributed by atoms with van der Waals surface area (Å²) in [6, 6.07) is 5.45. The summed E-state index contributed by atoms with van der Waals surface area (Å²) in [7, 11) is 0. The fraction of sp³-hybridized carbons (Fsp3) is 0.417. The summed E-state index contributed by atoms with van der Waals surface area (Å²) in [6.07, 6.45) is -4.60. The highest BCUT2D eigenvalue weighted by Gasteiger charge is 2.27. The Morgan fingerprint density at radius 3 is 1.39 bits per heavy atom. The highest BCUT2D eigenvalue weighted by molar-refractivity contribution is 6.21. The molecule has 6 atom stereocenters. The van der Waals surface area contributed by atoms with Gasteiger partial charge in [0.25, 0.3) is 0 Å². The highest BCUT2D eigenvalue weighted by atomic mass is 35.5. The van der Waals surface area contributed by atoms with Gasteiger partial charge in [0, 0.05) is 0 Å². The minimum Gasteiger partial charge on any atom is -0.459 e. The summed E-state index contributed by atoms with van der Waals surface area (Å²) in [4.78, 5) is 47.7. The first-order valence-electron chi connectivity index (χ1n) is 10.7. The number of alkyl halides is 2. The molecule has 1 aromatic carbocycles. The minimum absolute atomic E-state index is 0.202. The number of halogens is 2. The molecule has 0 heterocycles. The third-order valence-electron chi connectivity index (χ3n) is 4.93. The molecule has 0 saturated carbocycles. The van der Waals surface area contributed by atoms with E-state index in [9.17, 15) is 39.6 Å². The lowest BCUT2D eigenvalue weighted by Crippen LogP contribution is -2.33. The number of ether oxygens (including phenoxy) is 2. The van der Waals surface area contributed by atoms with E-state index in [1.807, 2.05) is 0 Å². The number of benzene rings is 1. The molecule has 0 aliphatic heterocycles. The molecule has 6 unspecified atom stereocenters. The number of esters is 2. The van der Waals surface area contributed by atoms with E-state index in [0.717, 1.165) is 12.2 Å². The Balaban J connectivity index is 2.71. The van der Waals surface area contributed by atoms with Crippen molar-refractivity contribution < 1.29 is 49.1 Å². The summed E-state index contributed by atoms with van der Waals surface area (Å²) in [5, 5.41) is 37.2. The average molecular weight is 547 g/mol. The molecule has 0 saturated heterocycles. The fourth-order valence-corrected chi connectivity index (χ4v) is 3.25. The molecule has 0 aliphatic carbocycles. The van der Waals surface area contributed by atoms with Gasteiger partial charge in [-0.05, 0) is 37.1 Å². The van der Waals surface area contributed by atoms with Crippen molar-refractivity contribution >= 4 is 46.7 Å². The Bertz CT molecular complexity index is 876. The normalized spacial score (nSPS) is 15.9. The zero-order chi connectivity index (χ0) is 27.4. The summed E-state index contributed by atoms with van der Waals surface area (Å²) < 4.78 is 10.0. The number of aliphatic hydroxyl groups excluding tert-OH is 4. The molecule has 0 fully saturated rings. The van der Waals surface area contributed by atoms with E-state index in [1.165, 1.54) is 24.3 Å². The van der Waals surface area contributed by atoms with E-state index in [2.05, 4.69) is 13.2 Å². The zero-order valence-electron chi connectivity index (χ0n) is 19.2. The molecule has 0 amide bonds. The van der Waals surface area contributed by atoms with Crippen molar-refractivity contribution in [2.24, 2.45) is 0 Å². The van der Waals surface area contributed by atoms with Crippen LogP contribution in [-0.4, -0.2) is 92.3 Å². The van der Waals surface area contributed by atoms with Crippen molar-refractivity contribution in [3.8, 4) is 0 Å². The van der Waals surface area contributed by atoms with Gasteiger partial charge in [-0.1, -0.05) is 25.3 Å². The Labute approximate surface area is 217 Å². The van der Waals surface area contributed by atoms with Gasteiger partial charge in [-0.2, -0.15) is 0 Å². The third-order valence-corrected chi connectivity index (χ3v) is 5.87. The lowest BCUT2D eigenvalue weighted by atomic mass is 10.1. The first-order chi connectivity index (χ1) is 16.9. The van der Waals surface area contributed by atoms with Crippen LogP contribution in [0.2, 0.25) is 0 Å². The van der Waals surface area contributed by atoms with Gasteiger partial charge in [-0.3, -0.25) is 9.59 Å². The van der Waals surface area contributed by atoms with Crippen LogP contribution in [0.25, 0.3) is 0 Å². The van der Waals surface area contributed by atoms with E-state index in [1.54, 1.807) is 0 Å². The molecule has 1 aromatic rings. The molecule has 0 spiro atoms. The lowest BCUT2D eigenvalue weighted by Gasteiger charge is -2.20. The van der Waals surface area contributed by atoms with Crippen LogP contribution in [0.1, 0.15) is 33.6 Å². The topological polar surface area (TPSA) is 168 Å². The SMILES string of the molecule is C=CC(=O)C(O)CC(Cl)C(O)COC(=O)c1ccccc1C(=O)OCC(O)C(Cl)CC(O)C(=O)C=C. The molecule has 4 N–H and O–H groups in total. The molecule has 10 nitrogen and oxygen atoms in total. The van der Waals surface area contributed by atoms with E-state index in [-0.39, 0.29) is 24.0 Å². The number of hydrogen-bond donors (Lipinski definition) is 4. The van der Waals surface area contributed by atoms with Crippen LogP contribution in [0, 0.1) is 0 Å². The number of hydrogen-bond acceptors (Lipinski definition) is 10. The molecule has 0 aromatic heterocycles. The molecular formula is C24H28Cl2O10. The molecule has 36 heavy (non-hydrogen) atoms. The van der Waals surface area contributed by atoms with Crippen molar-refractivity contribution in [2.75, 3.05) is 13.2 Å². The monoisotopic (exact) mass is 546 g/mol. The predicted molar refractivity (Wildman–Crippen MR) is 130 cm³/mol. The van der Waals surface area contributed by atoms with Gasteiger partial charge in [0.05, 0.1) is 21.9 Å². The van der Waals surface area contributed by atoms with Gasteiger partial charge in [-0.25, -0.2) is 9.59 Å². The number of ketones is 2. The number of carbonyl (C=O) groups is 4. The first-order valence-corrected chi connectivity index (χ1v) is 11.6. The van der Waals surface area contributed by atoms with E-state index >= 15 is 0 Å². The second-order valence-electron chi connectivity index (χ2n) is 7.63. The second-order valence-corrected chi connectivity index (χ2v) is 8.75. The van der Waals surface area contributed by atoms with Crippen LogP contribution in [-0.2, 0) is 19.1 Å². The Morgan fingerprint density at radius 1 is 0.750 bits per heavy atom. The van der Waals surface area contributed by atoms with Crippen molar-refractivity contribution in [3.05, 3.63) is 60.7 Å². The van der Waals surface area contributed by atoms with Gasteiger partial charge < -0.3 is 29.9 Å². The van der Waals surface area contributed by atoms with Gasteiger partial charge in [-0.15, -0.1) is 23.2 Å². The van der Waals surface area contributed by atoms with Crippen molar-refractivity contribution in [3.63, 3.8) is 0 Å². The molecule has 0 radical (unpaired) electrons. The van der Waals surface area contributed by atoms with E-state index < -0.39 is 71.9 Å². The smallest absolute Gasteiger partial charge is 0.339 e. The Kier molecular flexibility index (Phi) is 13.5. The lowest BCUT2D eigenvalue weighted by molar-refractivity contribution is -0.123. The zero-order valence-corrected chi connectivity index (χ0v) is 20.7. The van der Waals surface area contributed by atoms with Crippen LogP contribution in [0.3, 0.4) is 0 Å². The second kappa shape index (κ2) is 15.5. The maximum absolute atomic E-state index is 12.5. The van der Waals surface area contributed by atoms with Crippen molar-refractivity contribution in [1.82, 2.24) is 0 Å². The average Bonchev–Trinajstić information content (AvgIpc) is 2.88. The van der Waals surface area contributed by atoms with Gasteiger partial charge >= 0.3 is 11.9 Å². The van der Waals surface area contributed by atoms with Gasteiger partial charge in [0.2, 0.25) is 0 Å². The maximum Gasteiger partial charge on any atom is 0.339 e. The van der Waals surface area contributed by atoms with Crippen LogP contribution in [0.4, 0.5) is 0 Å². The van der Waals surface area contributed by atoms with E-state index in [0.29, 0.717) is 0 Å². The molecule has 0 aliphatic rings. The number of aliphatic hydroxyl groups is 4. The van der Waals surface area contributed by atoms with Crippen molar-refractivity contribution in [1.29, 1.82) is 0 Å². The standard InChI is InChI=1S/C24H28Cl2O10/c1-3-17(27)19(29)9-15(25)21(31)11-35-23(33)13-7-5-6-8-14(13)24(34)36-12-22(32)16(26)10-20(30)18(28)4-2/h3-8,15-16,19-22,29-32H,1-2,9-12H2. The number of rotatable bonds is 16. The van der Waals surface area contributed by atoms with Crippen LogP contribution < -0.4 is 0 Å². The maximum atomic E-state index is 12.5. The molecular weight excluding hydrogens is 519 g/mol. The van der Waals surface area contributed by atoms with Gasteiger partial charge in [0.1, 0.15) is 37.6 Å². The molecule has 198 valence electrons. The Hall–Kier alpha value is -2.60. The Morgan fingerprint density at radius 2 is 1.08 bits per heavy atom. The van der Waals surface area contributed by atoms with Crippen LogP contribution in [0.15, 0.2) is 49.6 Å². The molecule has 1 rings (SSSR count). The third kappa shape index (κ3) is 9.81.